The highest BCUT2D eigenvalue weighted by Gasteiger charge is 1.96. The predicted molar refractivity (Wildman–Crippen MR) is 37.5 cm³/mol. The number of carbonyl (C=O) groups excluding carboxylic acids is 1. The summed E-state index contributed by atoms with van der Waals surface area (Å²) in [7, 11) is 1.44. The van der Waals surface area contributed by atoms with Gasteiger partial charge in [0.25, 0.3) is 0 Å². The van der Waals surface area contributed by atoms with Gasteiger partial charge in [0.05, 0.1) is 0 Å². The van der Waals surface area contributed by atoms with E-state index in [1.807, 2.05) is 0 Å². The van der Waals surface area contributed by atoms with E-state index in [-0.39, 0.29) is 0 Å². The number of methoxy groups -OCH3 is 1. The largest absolute Gasteiger partial charge is 0.368 e. The number of hydrogen-bond donors (Lipinski definition) is 1. The minimum Gasteiger partial charge on any atom is -0.368 e. The Morgan fingerprint density at radius 2 is 2.40 bits per heavy atom. The zero-order valence-corrected chi connectivity index (χ0v) is 5.99. The van der Waals surface area contributed by atoms with Gasteiger partial charge in [-0.3, -0.25) is 4.79 Å². The third-order valence-corrected chi connectivity index (χ3v) is 1.07. The molecule has 0 saturated carbocycles. The van der Waals surface area contributed by atoms with Crippen molar-refractivity contribution in [3.05, 3.63) is 12.2 Å². The summed E-state index contributed by atoms with van der Waals surface area (Å²) in [5.41, 5.74) is 0. The van der Waals surface area contributed by atoms with Crippen LogP contribution in [0.3, 0.4) is 0 Å². The van der Waals surface area contributed by atoms with Crippen LogP contribution in [0.2, 0.25) is 0 Å². The number of hydrogen-bond acceptors (Lipinski definition) is 3. The molecule has 1 N–H and O–H groups in total. The number of aliphatic hydroxyl groups excluding tert-OH is 1. The first-order valence-corrected chi connectivity index (χ1v) is 3.12. The first-order chi connectivity index (χ1) is 4.81. The van der Waals surface area contributed by atoms with E-state index >= 15 is 0 Å². The fraction of sp³-hybridized carbons (Fsp3) is 0.571. The molecule has 0 heterocycles. The summed E-state index contributed by atoms with van der Waals surface area (Å²) in [6, 6.07) is 0. The summed E-state index contributed by atoms with van der Waals surface area (Å²) < 4.78 is 4.56. The summed E-state index contributed by atoms with van der Waals surface area (Å²) in [4.78, 5) is 9.74. The van der Waals surface area contributed by atoms with E-state index in [0.717, 1.165) is 0 Å². The average Bonchev–Trinajstić information content (AvgIpc) is 1.98. The lowest BCUT2D eigenvalue weighted by Crippen LogP contribution is -2.07. The predicted octanol–water partition coefficient (Wildman–Crippen LogP) is 0.486. The van der Waals surface area contributed by atoms with Crippen molar-refractivity contribution in [2.24, 2.45) is 0 Å². The Balaban J connectivity index is 3.18. The van der Waals surface area contributed by atoms with Gasteiger partial charge in [0.1, 0.15) is 6.29 Å². The van der Waals surface area contributed by atoms with E-state index < -0.39 is 6.29 Å². The van der Waals surface area contributed by atoms with Crippen molar-refractivity contribution < 1.29 is 14.6 Å². The molecule has 0 aromatic rings. The van der Waals surface area contributed by atoms with E-state index in [9.17, 15) is 4.79 Å². The van der Waals surface area contributed by atoms with Crippen molar-refractivity contribution in [2.45, 2.75) is 19.1 Å². The summed E-state index contributed by atoms with van der Waals surface area (Å²) in [5.74, 6) is 0. The summed E-state index contributed by atoms with van der Waals surface area (Å²) >= 11 is 0. The Hall–Kier alpha value is -0.670. The minimum absolute atomic E-state index is 0.529. The zero-order valence-electron chi connectivity index (χ0n) is 5.99. The number of rotatable bonds is 5. The van der Waals surface area contributed by atoms with Gasteiger partial charge < -0.3 is 9.84 Å². The zero-order chi connectivity index (χ0) is 7.82. The van der Waals surface area contributed by atoms with Gasteiger partial charge >= 0.3 is 0 Å². The highest BCUT2D eigenvalue weighted by Crippen LogP contribution is 1.97. The van der Waals surface area contributed by atoms with Crippen LogP contribution in [0.15, 0.2) is 12.2 Å². The molecule has 0 saturated heterocycles. The van der Waals surface area contributed by atoms with Crippen LogP contribution in [-0.4, -0.2) is 24.8 Å². The lowest BCUT2D eigenvalue weighted by atomic mass is 10.3. The Morgan fingerprint density at radius 1 is 1.70 bits per heavy atom. The topological polar surface area (TPSA) is 46.5 Å². The molecule has 0 aliphatic rings. The van der Waals surface area contributed by atoms with Gasteiger partial charge in [-0.05, 0) is 12.5 Å². The van der Waals surface area contributed by atoms with Crippen LogP contribution in [0.25, 0.3) is 0 Å². The van der Waals surface area contributed by atoms with E-state index in [1.165, 1.54) is 13.2 Å². The third-order valence-electron chi connectivity index (χ3n) is 1.07. The molecular formula is C7H12O3. The molecule has 3 nitrogen and oxygen atoms in total. The lowest BCUT2D eigenvalue weighted by Gasteiger charge is -2.04. The minimum atomic E-state index is -0.712. The van der Waals surface area contributed by atoms with Crippen LogP contribution < -0.4 is 0 Å². The van der Waals surface area contributed by atoms with Crippen LogP contribution in [0.4, 0.5) is 0 Å². The molecule has 0 rings (SSSR count). The molecule has 0 radical (unpaired) electrons. The highest BCUT2D eigenvalue weighted by molar-refractivity contribution is 5.64. The van der Waals surface area contributed by atoms with Crippen molar-refractivity contribution in [1.82, 2.24) is 0 Å². The van der Waals surface area contributed by atoms with Crippen LogP contribution >= 0.6 is 0 Å². The average molecular weight is 144 g/mol. The first-order valence-electron chi connectivity index (χ1n) is 3.12. The number of aldehydes is 1. The van der Waals surface area contributed by atoms with Crippen LogP contribution in [0.5, 0.6) is 0 Å². The van der Waals surface area contributed by atoms with Crippen molar-refractivity contribution in [3.63, 3.8) is 0 Å². The number of ether oxygens (including phenoxy) is 1. The maximum atomic E-state index is 9.74. The van der Waals surface area contributed by atoms with Gasteiger partial charge in [0, 0.05) is 13.5 Å². The van der Waals surface area contributed by atoms with Gasteiger partial charge in [-0.1, -0.05) is 6.08 Å². The smallest absolute Gasteiger partial charge is 0.154 e. The van der Waals surface area contributed by atoms with Crippen LogP contribution in [0.1, 0.15) is 12.8 Å². The molecule has 0 aliphatic carbocycles. The van der Waals surface area contributed by atoms with Gasteiger partial charge in [-0.15, -0.1) is 0 Å². The first kappa shape index (κ1) is 9.33. The fourth-order valence-corrected chi connectivity index (χ4v) is 0.508. The SMILES string of the molecule is COC(O)CC/C=C/C=O. The Morgan fingerprint density at radius 3 is 2.90 bits per heavy atom. The number of carbonyl (C=O) groups is 1. The van der Waals surface area contributed by atoms with Crippen LogP contribution in [-0.2, 0) is 9.53 Å². The second-order valence-electron chi connectivity index (χ2n) is 1.83. The monoisotopic (exact) mass is 144 g/mol. The van der Waals surface area contributed by atoms with Gasteiger partial charge in [-0.25, -0.2) is 0 Å². The summed E-state index contributed by atoms with van der Waals surface area (Å²) in [6.07, 6.45) is 4.28. The number of allylic oxidation sites excluding steroid dienone is 2. The maximum Gasteiger partial charge on any atom is 0.154 e. The second kappa shape index (κ2) is 6.45. The van der Waals surface area contributed by atoms with Crippen molar-refractivity contribution >= 4 is 6.29 Å². The van der Waals surface area contributed by atoms with Gasteiger partial charge in [-0.2, -0.15) is 0 Å². The van der Waals surface area contributed by atoms with E-state index in [2.05, 4.69) is 4.74 Å². The molecular weight excluding hydrogens is 132 g/mol. The summed E-state index contributed by atoms with van der Waals surface area (Å²) in [5, 5.41) is 8.81. The fourth-order valence-electron chi connectivity index (χ4n) is 0.508. The Bertz CT molecular complexity index is 109. The number of aliphatic hydroxyl groups is 1. The Kier molecular flexibility index (Phi) is 6.02. The standard InChI is InChI=1S/C7H12O3/c1-10-7(9)5-3-2-4-6-8/h2,4,6-7,9H,3,5H2,1H3/b4-2+. The molecule has 3 heteroatoms. The summed E-state index contributed by atoms with van der Waals surface area (Å²) in [6.45, 7) is 0. The van der Waals surface area contributed by atoms with E-state index in [4.69, 9.17) is 5.11 Å². The van der Waals surface area contributed by atoms with Crippen molar-refractivity contribution in [1.29, 1.82) is 0 Å². The normalized spacial score (nSPS) is 13.8. The molecule has 1 atom stereocenters. The molecule has 0 aliphatic heterocycles. The molecule has 0 fully saturated rings. The molecule has 0 amide bonds. The third kappa shape index (κ3) is 5.47. The van der Waals surface area contributed by atoms with Crippen LogP contribution in [0, 0.1) is 0 Å². The quantitative estimate of drug-likeness (QED) is 0.347. The Labute approximate surface area is 60.3 Å². The molecule has 0 bridgehead atoms. The molecule has 0 aromatic heterocycles. The van der Waals surface area contributed by atoms with E-state index in [0.29, 0.717) is 19.1 Å². The van der Waals surface area contributed by atoms with Crippen molar-refractivity contribution in [2.75, 3.05) is 7.11 Å². The second-order valence-corrected chi connectivity index (χ2v) is 1.83. The highest BCUT2D eigenvalue weighted by atomic mass is 16.6. The molecule has 0 spiro atoms. The lowest BCUT2D eigenvalue weighted by molar-refractivity contribution is -0.104. The molecule has 0 aromatic carbocycles. The molecule has 1 unspecified atom stereocenters. The van der Waals surface area contributed by atoms with Crippen molar-refractivity contribution in [3.8, 4) is 0 Å². The molecule has 10 heavy (non-hydrogen) atoms. The van der Waals surface area contributed by atoms with E-state index in [1.54, 1.807) is 6.08 Å². The molecule has 58 valence electrons. The van der Waals surface area contributed by atoms with Gasteiger partial charge in [0.2, 0.25) is 0 Å². The maximum absolute atomic E-state index is 9.74. The van der Waals surface area contributed by atoms with Gasteiger partial charge in [0.15, 0.2) is 6.29 Å².